The number of rotatable bonds is 4. The molecule has 1 saturated heterocycles. The van der Waals surface area contributed by atoms with Gasteiger partial charge in [-0.25, -0.2) is 4.98 Å². The van der Waals surface area contributed by atoms with E-state index in [9.17, 15) is 0 Å². The molecule has 0 aromatic carbocycles. The fraction of sp³-hybridized carbons (Fsp3) is 0.750. The minimum Gasteiger partial charge on any atom is -0.351 e. The zero-order valence-corrected chi connectivity index (χ0v) is 11.7. The number of hydrogen-bond acceptors (Lipinski definition) is 5. The average Bonchev–Trinajstić information content (AvgIpc) is 2.86. The molecule has 1 aromatic heterocycles. The molecule has 1 aromatic rings. The second-order valence-electron chi connectivity index (χ2n) is 5.14. The van der Waals surface area contributed by atoms with Gasteiger partial charge in [0.05, 0.1) is 5.69 Å². The van der Waals surface area contributed by atoms with E-state index in [1.54, 1.807) is 11.3 Å². The lowest BCUT2D eigenvalue weighted by atomic mass is 10.1. The minimum atomic E-state index is 0.0333. The third-order valence-corrected chi connectivity index (χ3v) is 4.30. The Kier molecular flexibility index (Phi) is 4.01. The lowest BCUT2D eigenvalue weighted by Crippen LogP contribution is -2.27. The van der Waals surface area contributed by atoms with Crippen LogP contribution in [0.4, 0.5) is 5.13 Å². The molecule has 5 heteroatoms. The number of nitrogens with two attached hydrogens (primary N) is 1. The van der Waals surface area contributed by atoms with Crippen molar-refractivity contribution in [2.45, 2.75) is 19.4 Å². The summed E-state index contributed by atoms with van der Waals surface area (Å²) in [5.41, 5.74) is 6.83. The minimum absolute atomic E-state index is 0.0333. The van der Waals surface area contributed by atoms with Crippen molar-refractivity contribution < 1.29 is 0 Å². The molecule has 0 saturated carbocycles. The van der Waals surface area contributed by atoms with Gasteiger partial charge in [0, 0.05) is 31.6 Å². The van der Waals surface area contributed by atoms with Crippen molar-refractivity contribution >= 4 is 16.5 Å². The molecular weight excluding hydrogens is 232 g/mol. The highest BCUT2D eigenvalue weighted by Crippen LogP contribution is 2.24. The second kappa shape index (κ2) is 5.33. The summed E-state index contributed by atoms with van der Waals surface area (Å²) >= 11 is 1.69. The number of anilines is 1. The number of aromatic nitrogens is 1. The Morgan fingerprint density at radius 1 is 1.71 bits per heavy atom. The van der Waals surface area contributed by atoms with Crippen molar-refractivity contribution in [3.05, 3.63) is 11.1 Å². The first-order valence-electron chi connectivity index (χ1n) is 6.17. The molecule has 0 bridgehead atoms. The molecule has 2 atom stereocenters. The van der Waals surface area contributed by atoms with E-state index in [0.717, 1.165) is 23.3 Å². The zero-order chi connectivity index (χ0) is 12.4. The van der Waals surface area contributed by atoms with Crippen molar-refractivity contribution in [1.82, 2.24) is 9.88 Å². The van der Waals surface area contributed by atoms with Crippen LogP contribution < -0.4 is 10.6 Å². The molecule has 0 radical (unpaired) electrons. The molecule has 4 nitrogen and oxygen atoms in total. The lowest BCUT2D eigenvalue weighted by Gasteiger charge is -2.20. The summed E-state index contributed by atoms with van der Waals surface area (Å²) in [6, 6.07) is 0.0333. The van der Waals surface area contributed by atoms with Gasteiger partial charge >= 0.3 is 0 Å². The molecule has 2 unspecified atom stereocenters. The Morgan fingerprint density at radius 2 is 2.47 bits per heavy atom. The molecular formula is C12H22N4S. The lowest BCUT2D eigenvalue weighted by molar-refractivity contribution is 0.396. The monoisotopic (exact) mass is 254 g/mol. The first kappa shape index (κ1) is 12.8. The predicted molar refractivity (Wildman–Crippen MR) is 73.6 cm³/mol. The Balaban J connectivity index is 1.92. The Labute approximate surface area is 107 Å². The summed E-state index contributed by atoms with van der Waals surface area (Å²) in [6.07, 6.45) is 1.30. The largest absolute Gasteiger partial charge is 0.351 e. The quantitative estimate of drug-likeness (QED) is 0.885. The molecule has 96 valence electrons. The zero-order valence-electron chi connectivity index (χ0n) is 10.9. The summed E-state index contributed by atoms with van der Waals surface area (Å²) in [5, 5.41) is 3.16. The smallest absolute Gasteiger partial charge is 0.185 e. The van der Waals surface area contributed by atoms with Crippen molar-refractivity contribution in [3.63, 3.8) is 0 Å². The predicted octanol–water partition coefficient (Wildman–Crippen LogP) is 1.55. The molecule has 2 rings (SSSR count). The maximum Gasteiger partial charge on any atom is 0.185 e. The first-order valence-corrected chi connectivity index (χ1v) is 7.05. The topological polar surface area (TPSA) is 45.4 Å². The third-order valence-electron chi connectivity index (χ3n) is 3.32. The van der Waals surface area contributed by atoms with E-state index in [1.807, 2.05) is 6.92 Å². The molecule has 0 aliphatic carbocycles. The molecule has 17 heavy (non-hydrogen) atoms. The number of hydrogen-bond donors (Lipinski definition) is 1. The van der Waals surface area contributed by atoms with Gasteiger partial charge in [-0.15, -0.1) is 11.3 Å². The van der Waals surface area contributed by atoms with Crippen LogP contribution in [0.25, 0.3) is 0 Å². The van der Waals surface area contributed by atoms with Gasteiger partial charge in [-0.2, -0.15) is 0 Å². The molecule has 2 heterocycles. The van der Waals surface area contributed by atoms with Gasteiger partial charge in [-0.3, -0.25) is 0 Å². The third kappa shape index (κ3) is 3.18. The second-order valence-corrected chi connectivity index (χ2v) is 5.98. The van der Waals surface area contributed by atoms with Crippen molar-refractivity contribution in [2.75, 3.05) is 38.6 Å². The van der Waals surface area contributed by atoms with Crippen LogP contribution in [-0.4, -0.2) is 43.6 Å². The fourth-order valence-corrected chi connectivity index (χ4v) is 3.21. The molecule has 1 fully saturated rings. The maximum atomic E-state index is 5.83. The highest BCUT2D eigenvalue weighted by molar-refractivity contribution is 7.13. The molecule has 0 amide bonds. The van der Waals surface area contributed by atoms with E-state index >= 15 is 0 Å². The van der Waals surface area contributed by atoms with Crippen LogP contribution in [0.5, 0.6) is 0 Å². The van der Waals surface area contributed by atoms with E-state index < -0.39 is 0 Å². The normalized spacial score (nSPS) is 22.9. The van der Waals surface area contributed by atoms with Crippen LogP contribution in [0.3, 0.4) is 0 Å². The van der Waals surface area contributed by atoms with E-state index in [1.165, 1.54) is 19.5 Å². The van der Waals surface area contributed by atoms with Gasteiger partial charge in [0.25, 0.3) is 0 Å². The summed E-state index contributed by atoms with van der Waals surface area (Å²) in [4.78, 5) is 9.24. The van der Waals surface area contributed by atoms with Gasteiger partial charge in [0.1, 0.15) is 0 Å². The van der Waals surface area contributed by atoms with Crippen molar-refractivity contribution in [2.24, 2.45) is 11.7 Å². The number of nitrogens with zero attached hydrogens (tertiary/aromatic N) is 3. The van der Waals surface area contributed by atoms with Gasteiger partial charge in [0.15, 0.2) is 5.13 Å². The van der Waals surface area contributed by atoms with E-state index in [0.29, 0.717) is 0 Å². The van der Waals surface area contributed by atoms with Crippen LogP contribution in [0.2, 0.25) is 0 Å². The average molecular weight is 254 g/mol. The van der Waals surface area contributed by atoms with Crippen LogP contribution in [0.1, 0.15) is 25.1 Å². The summed E-state index contributed by atoms with van der Waals surface area (Å²) < 4.78 is 0. The standard InChI is InChI=1S/C12H22N4S/c1-9(13)11-8-17-12(14-11)16(3)7-10-4-5-15(2)6-10/h8-10H,4-7,13H2,1-3H3. The molecule has 2 N–H and O–H groups in total. The highest BCUT2D eigenvalue weighted by Gasteiger charge is 2.21. The van der Waals surface area contributed by atoms with E-state index in [-0.39, 0.29) is 6.04 Å². The van der Waals surface area contributed by atoms with E-state index in [4.69, 9.17) is 5.73 Å². The number of likely N-dealkylation sites (tertiary alicyclic amines) is 1. The maximum absolute atomic E-state index is 5.83. The number of thiazole rings is 1. The summed E-state index contributed by atoms with van der Waals surface area (Å²) in [5.74, 6) is 0.771. The Morgan fingerprint density at radius 3 is 3.00 bits per heavy atom. The van der Waals surface area contributed by atoms with Crippen molar-refractivity contribution in [1.29, 1.82) is 0 Å². The van der Waals surface area contributed by atoms with Gasteiger partial charge in [-0.05, 0) is 32.9 Å². The van der Waals surface area contributed by atoms with Gasteiger partial charge < -0.3 is 15.5 Å². The Hall–Kier alpha value is -0.650. The highest BCUT2D eigenvalue weighted by atomic mass is 32.1. The van der Waals surface area contributed by atoms with Crippen molar-refractivity contribution in [3.8, 4) is 0 Å². The van der Waals surface area contributed by atoms with Gasteiger partial charge in [0.2, 0.25) is 0 Å². The van der Waals surface area contributed by atoms with Crippen LogP contribution in [0.15, 0.2) is 5.38 Å². The van der Waals surface area contributed by atoms with Crippen LogP contribution in [-0.2, 0) is 0 Å². The van der Waals surface area contributed by atoms with Crippen LogP contribution >= 0.6 is 11.3 Å². The SMILES string of the molecule is CC(N)c1csc(N(C)CC2CCN(C)C2)n1. The fourth-order valence-electron chi connectivity index (χ4n) is 2.30. The van der Waals surface area contributed by atoms with Gasteiger partial charge in [-0.1, -0.05) is 0 Å². The first-order chi connectivity index (χ1) is 8.06. The van der Waals surface area contributed by atoms with Crippen LogP contribution in [0, 0.1) is 5.92 Å². The molecule has 0 spiro atoms. The molecule has 1 aliphatic rings. The van der Waals surface area contributed by atoms with E-state index in [2.05, 4.69) is 34.3 Å². The Bertz CT molecular complexity index is 363. The molecule has 1 aliphatic heterocycles. The summed E-state index contributed by atoms with van der Waals surface area (Å²) in [7, 11) is 4.32. The summed E-state index contributed by atoms with van der Waals surface area (Å²) in [6.45, 7) is 5.50.